The van der Waals surface area contributed by atoms with Gasteiger partial charge in [-0.1, -0.05) is 11.6 Å². The number of primary amides is 1. The molecule has 0 fully saturated rings. The van der Waals surface area contributed by atoms with E-state index in [1.807, 2.05) is 32.0 Å². The van der Waals surface area contributed by atoms with Crippen molar-refractivity contribution >= 4 is 17.5 Å². The lowest BCUT2D eigenvalue weighted by molar-refractivity contribution is -0.122. The van der Waals surface area contributed by atoms with E-state index < -0.39 is 5.91 Å². The normalized spacial score (nSPS) is 10.1. The monoisotopic (exact) mass is 279 g/mol. The average Bonchev–Trinajstić information content (AvgIpc) is 2.40. The van der Waals surface area contributed by atoms with E-state index in [0.29, 0.717) is 12.1 Å². The Hall–Kier alpha value is -2.08. The molecule has 0 aliphatic heterocycles. The Morgan fingerprint density at radius 2 is 2.10 bits per heavy atom. The molecule has 6 heteroatoms. The number of ether oxygens (including phenoxy) is 1. The zero-order chi connectivity index (χ0) is 15.0. The van der Waals surface area contributed by atoms with Crippen molar-refractivity contribution in [2.24, 2.45) is 5.73 Å². The van der Waals surface area contributed by atoms with Crippen molar-refractivity contribution in [3.05, 3.63) is 29.3 Å². The summed E-state index contributed by atoms with van der Waals surface area (Å²) in [4.78, 5) is 22.6. The molecule has 0 atom stereocenters. The van der Waals surface area contributed by atoms with Gasteiger partial charge in [-0.2, -0.15) is 0 Å². The van der Waals surface area contributed by atoms with Gasteiger partial charge in [0.1, 0.15) is 6.61 Å². The number of carbonyl (C=O) groups excluding carboxylic acids is 2. The zero-order valence-electron chi connectivity index (χ0n) is 11.9. The second kappa shape index (κ2) is 8.16. The predicted molar refractivity (Wildman–Crippen MR) is 77.7 cm³/mol. The van der Waals surface area contributed by atoms with E-state index in [4.69, 9.17) is 10.5 Å². The van der Waals surface area contributed by atoms with Crippen molar-refractivity contribution in [2.45, 2.75) is 13.8 Å². The van der Waals surface area contributed by atoms with E-state index in [-0.39, 0.29) is 19.1 Å². The summed E-state index contributed by atoms with van der Waals surface area (Å²) in [6.45, 7) is 5.08. The van der Waals surface area contributed by atoms with Crippen molar-refractivity contribution in [3.63, 3.8) is 0 Å². The highest BCUT2D eigenvalue weighted by atomic mass is 16.5. The van der Waals surface area contributed by atoms with E-state index in [9.17, 15) is 9.59 Å². The highest BCUT2D eigenvalue weighted by Crippen LogP contribution is 2.17. The van der Waals surface area contributed by atoms with E-state index in [2.05, 4.69) is 10.6 Å². The molecule has 2 amide bonds. The Labute approximate surface area is 118 Å². The van der Waals surface area contributed by atoms with Crippen LogP contribution in [-0.2, 0) is 9.53 Å². The summed E-state index contributed by atoms with van der Waals surface area (Å²) < 4.78 is 4.98. The largest absolute Gasteiger partial charge is 0.385 e. The molecule has 110 valence electrons. The maximum Gasteiger partial charge on any atom is 0.253 e. The lowest BCUT2D eigenvalue weighted by Crippen LogP contribution is -2.29. The van der Waals surface area contributed by atoms with Gasteiger partial charge in [-0.15, -0.1) is 0 Å². The maximum atomic E-state index is 12.1. The number of rotatable bonds is 8. The molecule has 1 rings (SSSR count). The molecule has 4 N–H and O–H groups in total. The first-order valence-corrected chi connectivity index (χ1v) is 6.53. The molecule has 0 radical (unpaired) electrons. The van der Waals surface area contributed by atoms with Gasteiger partial charge in [-0.25, -0.2) is 0 Å². The summed E-state index contributed by atoms with van der Waals surface area (Å²) in [6, 6.07) is 5.67. The van der Waals surface area contributed by atoms with Gasteiger partial charge >= 0.3 is 0 Å². The quantitative estimate of drug-likeness (QED) is 0.609. The third-order valence-electron chi connectivity index (χ3n) is 2.56. The second-order valence-electron chi connectivity index (χ2n) is 4.35. The Morgan fingerprint density at radius 3 is 2.75 bits per heavy atom. The summed E-state index contributed by atoms with van der Waals surface area (Å²) in [7, 11) is 0. The molecule has 0 saturated heterocycles. The number of hydrogen-bond donors (Lipinski definition) is 3. The van der Waals surface area contributed by atoms with Gasteiger partial charge in [0.25, 0.3) is 5.91 Å². The van der Waals surface area contributed by atoms with E-state index in [0.717, 1.165) is 17.8 Å². The van der Waals surface area contributed by atoms with Crippen molar-refractivity contribution in [1.29, 1.82) is 0 Å². The van der Waals surface area contributed by atoms with Gasteiger partial charge in [0.2, 0.25) is 5.91 Å². The molecule has 1 aromatic carbocycles. The molecular formula is C14H21N3O3. The van der Waals surface area contributed by atoms with Crippen LogP contribution in [0.25, 0.3) is 0 Å². The Balaban J connectivity index is 2.53. The second-order valence-corrected chi connectivity index (χ2v) is 4.35. The fourth-order valence-corrected chi connectivity index (χ4v) is 1.70. The van der Waals surface area contributed by atoms with Gasteiger partial charge in [0.15, 0.2) is 0 Å². The standard InChI is InChI=1S/C14H21N3O3/c1-3-16-12-5-4-10(2)8-11(12)14(19)17-6-7-20-9-13(15)18/h4-5,8,16H,3,6-7,9H2,1-2H3,(H2,15,18)(H,17,19). The van der Waals surface area contributed by atoms with Crippen LogP contribution in [0.1, 0.15) is 22.8 Å². The van der Waals surface area contributed by atoms with Crippen LogP contribution in [0.2, 0.25) is 0 Å². The van der Waals surface area contributed by atoms with Crippen LogP contribution >= 0.6 is 0 Å². The molecule has 6 nitrogen and oxygen atoms in total. The van der Waals surface area contributed by atoms with E-state index >= 15 is 0 Å². The zero-order valence-corrected chi connectivity index (χ0v) is 11.9. The minimum atomic E-state index is -0.524. The summed E-state index contributed by atoms with van der Waals surface area (Å²) in [5.74, 6) is -0.697. The predicted octanol–water partition coefficient (Wildman–Crippen LogP) is 0.659. The minimum absolute atomic E-state index is 0.136. The summed E-state index contributed by atoms with van der Waals surface area (Å²) in [5, 5.41) is 5.89. The smallest absolute Gasteiger partial charge is 0.253 e. The number of aryl methyl sites for hydroxylation is 1. The fraction of sp³-hybridized carbons (Fsp3) is 0.429. The maximum absolute atomic E-state index is 12.1. The number of benzene rings is 1. The first-order chi connectivity index (χ1) is 9.54. The molecule has 0 unspecified atom stereocenters. The molecule has 0 aliphatic carbocycles. The molecule has 20 heavy (non-hydrogen) atoms. The van der Waals surface area contributed by atoms with Gasteiger partial charge in [-0.3, -0.25) is 9.59 Å². The lowest BCUT2D eigenvalue weighted by atomic mass is 10.1. The fourth-order valence-electron chi connectivity index (χ4n) is 1.70. The van der Waals surface area contributed by atoms with Crippen LogP contribution in [0.15, 0.2) is 18.2 Å². The number of anilines is 1. The molecule has 0 aliphatic rings. The average molecular weight is 279 g/mol. The van der Waals surface area contributed by atoms with Crippen LogP contribution in [-0.4, -0.2) is 38.1 Å². The lowest BCUT2D eigenvalue weighted by Gasteiger charge is -2.12. The van der Waals surface area contributed by atoms with Gasteiger partial charge in [0, 0.05) is 18.8 Å². The van der Waals surface area contributed by atoms with Crippen LogP contribution < -0.4 is 16.4 Å². The van der Waals surface area contributed by atoms with Gasteiger partial charge in [0.05, 0.1) is 12.2 Å². The molecular weight excluding hydrogens is 258 g/mol. The highest BCUT2D eigenvalue weighted by molar-refractivity contribution is 5.99. The van der Waals surface area contributed by atoms with E-state index in [1.54, 1.807) is 0 Å². The third-order valence-corrected chi connectivity index (χ3v) is 2.56. The first-order valence-electron chi connectivity index (χ1n) is 6.53. The number of amides is 2. The molecule has 1 aromatic rings. The van der Waals surface area contributed by atoms with Crippen molar-refractivity contribution < 1.29 is 14.3 Å². The SMILES string of the molecule is CCNc1ccc(C)cc1C(=O)NCCOCC(N)=O. The van der Waals surface area contributed by atoms with Gasteiger partial charge in [-0.05, 0) is 26.0 Å². The molecule has 0 saturated carbocycles. The Morgan fingerprint density at radius 1 is 1.35 bits per heavy atom. The number of nitrogens with two attached hydrogens (primary N) is 1. The summed E-state index contributed by atoms with van der Waals surface area (Å²) in [5.41, 5.74) is 7.35. The van der Waals surface area contributed by atoms with Crippen LogP contribution in [0, 0.1) is 6.92 Å². The highest BCUT2D eigenvalue weighted by Gasteiger charge is 2.10. The Kier molecular flexibility index (Phi) is 6.52. The molecule has 0 aromatic heterocycles. The molecule has 0 spiro atoms. The summed E-state index contributed by atoms with van der Waals surface area (Å²) >= 11 is 0. The Bertz CT molecular complexity index is 475. The van der Waals surface area contributed by atoms with Crippen LogP contribution in [0.4, 0.5) is 5.69 Å². The molecule has 0 bridgehead atoms. The van der Waals surface area contributed by atoms with Crippen LogP contribution in [0.3, 0.4) is 0 Å². The van der Waals surface area contributed by atoms with Gasteiger partial charge < -0.3 is 21.1 Å². The van der Waals surface area contributed by atoms with Crippen molar-refractivity contribution in [2.75, 3.05) is 31.6 Å². The topological polar surface area (TPSA) is 93.4 Å². The number of carbonyl (C=O) groups is 2. The van der Waals surface area contributed by atoms with Crippen molar-refractivity contribution in [1.82, 2.24) is 5.32 Å². The minimum Gasteiger partial charge on any atom is -0.385 e. The van der Waals surface area contributed by atoms with Crippen LogP contribution in [0.5, 0.6) is 0 Å². The third kappa shape index (κ3) is 5.27. The van der Waals surface area contributed by atoms with Crippen molar-refractivity contribution in [3.8, 4) is 0 Å². The molecule has 0 heterocycles. The number of hydrogen-bond acceptors (Lipinski definition) is 4. The number of nitrogens with one attached hydrogen (secondary N) is 2. The first kappa shape index (κ1) is 16.0. The van der Waals surface area contributed by atoms with E-state index in [1.165, 1.54) is 0 Å². The summed E-state index contributed by atoms with van der Waals surface area (Å²) in [6.07, 6.45) is 0.